The van der Waals surface area contributed by atoms with Crippen LogP contribution in [0, 0.1) is 12.8 Å². The monoisotopic (exact) mass is 320 g/mol. The minimum Gasteiger partial charge on any atom is -0.350 e. The van der Waals surface area contributed by atoms with E-state index in [0.717, 1.165) is 17.1 Å². The Morgan fingerprint density at radius 2 is 2.14 bits per heavy atom. The van der Waals surface area contributed by atoms with Crippen LogP contribution in [0.1, 0.15) is 24.5 Å². The smallest absolute Gasteiger partial charge is 0.245 e. The number of nitrogens with zero attached hydrogens (tertiary/aromatic N) is 5. The van der Waals surface area contributed by atoms with Gasteiger partial charge in [-0.25, -0.2) is 9.97 Å². The highest BCUT2D eigenvalue weighted by molar-refractivity contribution is 7.15. The lowest BCUT2D eigenvalue weighted by Crippen LogP contribution is -2.30. The minimum atomic E-state index is -0.147. The molecule has 0 spiro atoms. The zero-order valence-electron chi connectivity index (χ0n) is 13.2. The predicted octanol–water partition coefficient (Wildman–Crippen LogP) is 1.91. The Bertz CT molecular complexity index is 642. The molecule has 0 aromatic carbocycles. The van der Waals surface area contributed by atoms with Crippen LogP contribution < -0.4 is 10.2 Å². The lowest BCUT2D eigenvalue weighted by Gasteiger charge is -2.16. The van der Waals surface area contributed by atoms with Crippen molar-refractivity contribution in [3.05, 3.63) is 23.1 Å². The van der Waals surface area contributed by atoms with Gasteiger partial charge < -0.3 is 4.90 Å². The van der Waals surface area contributed by atoms with Gasteiger partial charge in [0.1, 0.15) is 17.2 Å². The van der Waals surface area contributed by atoms with Gasteiger partial charge in [-0.1, -0.05) is 25.2 Å². The molecule has 22 heavy (non-hydrogen) atoms. The molecule has 0 bridgehead atoms. The van der Waals surface area contributed by atoms with Gasteiger partial charge in [-0.15, -0.1) is 10.2 Å². The van der Waals surface area contributed by atoms with Gasteiger partial charge in [0.25, 0.3) is 0 Å². The van der Waals surface area contributed by atoms with Crippen molar-refractivity contribution in [1.29, 1.82) is 0 Å². The molecule has 2 heterocycles. The molecule has 0 saturated carbocycles. The number of rotatable bonds is 6. The Morgan fingerprint density at radius 3 is 2.82 bits per heavy atom. The van der Waals surface area contributed by atoms with Gasteiger partial charge in [0.15, 0.2) is 0 Å². The number of likely N-dealkylation sites (N-methyl/N-ethyl adjacent to an activating group) is 1. The van der Waals surface area contributed by atoms with Crippen molar-refractivity contribution in [2.24, 2.45) is 5.92 Å². The van der Waals surface area contributed by atoms with Gasteiger partial charge in [-0.3, -0.25) is 10.1 Å². The summed E-state index contributed by atoms with van der Waals surface area (Å²) in [5.74, 6) is 1.08. The fourth-order valence-corrected chi connectivity index (χ4v) is 2.81. The van der Waals surface area contributed by atoms with Gasteiger partial charge >= 0.3 is 0 Å². The highest BCUT2D eigenvalue weighted by atomic mass is 32.1. The molecule has 0 unspecified atom stereocenters. The van der Waals surface area contributed by atoms with Crippen molar-refractivity contribution in [2.45, 2.75) is 27.2 Å². The first kappa shape index (κ1) is 16.3. The fraction of sp³-hybridized carbons (Fsp3) is 0.500. The molecule has 2 aromatic rings. The molecule has 2 aromatic heterocycles. The second kappa shape index (κ2) is 7.26. The predicted molar refractivity (Wildman–Crippen MR) is 87.1 cm³/mol. The first-order valence-electron chi connectivity index (χ1n) is 7.06. The van der Waals surface area contributed by atoms with E-state index in [4.69, 9.17) is 0 Å². The summed E-state index contributed by atoms with van der Waals surface area (Å²) in [5.41, 5.74) is 0.861. The van der Waals surface area contributed by atoms with E-state index in [2.05, 4.69) is 39.3 Å². The second-order valence-electron chi connectivity index (χ2n) is 5.52. The number of hydrogen-bond donors (Lipinski definition) is 1. The number of aryl methyl sites for hydroxylation is 1. The van der Waals surface area contributed by atoms with E-state index < -0.39 is 0 Å². The summed E-state index contributed by atoms with van der Waals surface area (Å²) in [6.07, 6.45) is 2.36. The van der Waals surface area contributed by atoms with Crippen LogP contribution in [0.25, 0.3) is 0 Å². The molecule has 2 rings (SSSR count). The van der Waals surface area contributed by atoms with Crippen LogP contribution in [0.4, 0.5) is 10.9 Å². The lowest BCUT2D eigenvalue weighted by atomic mass is 10.1. The topological polar surface area (TPSA) is 83.9 Å². The molecule has 0 atom stereocenters. The first-order chi connectivity index (χ1) is 10.4. The summed E-state index contributed by atoms with van der Waals surface area (Å²) >= 11 is 1.42. The average Bonchev–Trinajstić information content (AvgIpc) is 2.84. The van der Waals surface area contributed by atoms with Crippen LogP contribution in [-0.4, -0.2) is 39.7 Å². The first-order valence-corrected chi connectivity index (χ1v) is 7.87. The summed E-state index contributed by atoms with van der Waals surface area (Å²) in [6, 6.07) is 1.83. The highest BCUT2D eigenvalue weighted by Gasteiger charge is 2.12. The lowest BCUT2D eigenvalue weighted by molar-refractivity contribution is -0.114. The molecule has 7 nitrogen and oxygen atoms in total. The van der Waals surface area contributed by atoms with Crippen LogP contribution in [0.5, 0.6) is 0 Å². The van der Waals surface area contributed by atoms with Crippen LogP contribution in [0.2, 0.25) is 0 Å². The quantitative estimate of drug-likeness (QED) is 0.875. The van der Waals surface area contributed by atoms with Crippen LogP contribution in [0.15, 0.2) is 12.4 Å². The summed E-state index contributed by atoms with van der Waals surface area (Å²) in [7, 11) is 1.81. The molecule has 8 heteroatoms. The zero-order valence-corrected chi connectivity index (χ0v) is 14.0. The molecule has 0 aliphatic carbocycles. The van der Waals surface area contributed by atoms with Crippen LogP contribution in [-0.2, 0) is 11.2 Å². The Morgan fingerprint density at radius 1 is 1.36 bits per heavy atom. The van der Waals surface area contributed by atoms with Crippen LogP contribution in [0.3, 0.4) is 0 Å². The number of nitrogens with one attached hydrogen (secondary N) is 1. The van der Waals surface area contributed by atoms with E-state index in [0.29, 0.717) is 16.9 Å². The van der Waals surface area contributed by atoms with E-state index in [1.807, 2.05) is 20.0 Å². The molecule has 0 radical (unpaired) electrons. The van der Waals surface area contributed by atoms with E-state index in [1.54, 1.807) is 4.90 Å². The van der Waals surface area contributed by atoms with Gasteiger partial charge in [-0.05, 0) is 12.8 Å². The molecule has 1 amide bonds. The van der Waals surface area contributed by atoms with E-state index in [1.165, 1.54) is 17.7 Å². The van der Waals surface area contributed by atoms with Gasteiger partial charge in [-0.2, -0.15) is 0 Å². The second-order valence-corrected chi connectivity index (χ2v) is 6.58. The number of amides is 1. The SMILES string of the molecule is Cc1cc(N(C)CC(=O)Nc2nnc(CC(C)C)s2)ncn1. The van der Waals surface area contributed by atoms with Crippen molar-refractivity contribution in [2.75, 3.05) is 23.8 Å². The molecular formula is C14H20N6OS. The molecule has 118 valence electrons. The number of aromatic nitrogens is 4. The Kier molecular flexibility index (Phi) is 5.37. The Hall–Kier alpha value is -2.09. The van der Waals surface area contributed by atoms with E-state index in [-0.39, 0.29) is 12.5 Å². The number of carbonyl (C=O) groups excluding carboxylic acids is 1. The molecule has 0 fully saturated rings. The molecule has 1 N–H and O–H groups in total. The number of anilines is 2. The normalized spacial score (nSPS) is 10.8. The van der Waals surface area contributed by atoms with Gasteiger partial charge in [0, 0.05) is 25.2 Å². The van der Waals surface area contributed by atoms with Crippen molar-refractivity contribution >= 4 is 28.2 Å². The average molecular weight is 320 g/mol. The summed E-state index contributed by atoms with van der Waals surface area (Å²) in [6.45, 7) is 6.32. The van der Waals surface area contributed by atoms with Gasteiger partial charge in [0.2, 0.25) is 11.0 Å². The fourth-order valence-electron chi connectivity index (χ4n) is 1.84. The van der Waals surface area contributed by atoms with Crippen molar-refractivity contribution < 1.29 is 4.79 Å². The molecular weight excluding hydrogens is 300 g/mol. The van der Waals surface area contributed by atoms with Crippen molar-refractivity contribution in [3.63, 3.8) is 0 Å². The summed E-state index contributed by atoms with van der Waals surface area (Å²) in [4.78, 5) is 22.0. The minimum absolute atomic E-state index is 0.147. The Balaban J connectivity index is 1.91. The van der Waals surface area contributed by atoms with Crippen LogP contribution >= 0.6 is 11.3 Å². The maximum absolute atomic E-state index is 12.1. The molecule has 0 saturated heterocycles. The third-order valence-corrected chi connectivity index (χ3v) is 3.72. The van der Waals surface area contributed by atoms with Crippen molar-refractivity contribution in [3.8, 4) is 0 Å². The number of hydrogen-bond acceptors (Lipinski definition) is 7. The zero-order chi connectivity index (χ0) is 16.1. The molecule has 0 aliphatic heterocycles. The van der Waals surface area contributed by atoms with Crippen molar-refractivity contribution in [1.82, 2.24) is 20.2 Å². The maximum Gasteiger partial charge on any atom is 0.245 e. The van der Waals surface area contributed by atoms with Gasteiger partial charge in [0.05, 0.1) is 6.54 Å². The summed E-state index contributed by atoms with van der Waals surface area (Å²) < 4.78 is 0. The third-order valence-electron chi connectivity index (χ3n) is 2.86. The largest absolute Gasteiger partial charge is 0.350 e. The molecule has 0 aliphatic rings. The number of carbonyl (C=O) groups is 1. The maximum atomic E-state index is 12.1. The Labute approximate surface area is 133 Å². The standard InChI is InChI=1S/C14H20N6OS/c1-9(2)5-13-18-19-14(22-13)17-12(21)7-20(4)11-6-10(3)15-8-16-11/h6,8-9H,5,7H2,1-4H3,(H,17,19,21). The highest BCUT2D eigenvalue weighted by Crippen LogP contribution is 2.18. The third kappa shape index (κ3) is 4.73. The van der Waals surface area contributed by atoms with E-state index >= 15 is 0 Å². The summed E-state index contributed by atoms with van der Waals surface area (Å²) in [5, 5.41) is 12.3. The van der Waals surface area contributed by atoms with E-state index in [9.17, 15) is 4.79 Å².